The van der Waals surface area contributed by atoms with E-state index in [0.29, 0.717) is 38.5 Å². The molecular formula is C19H16ClN3O4S2. The summed E-state index contributed by atoms with van der Waals surface area (Å²) in [5, 5.41) is 0.514. The minimum Gasteiger partial charge on any atom is -0.465 e. The third-order valence-corrected chi connectivity index (χ3v) is 5.53. The number of nitrogens with one attached hydrogen (secondary N) is 2. The highest BCUT2D eigenvalue weighted by atomic mass is 35.5. The summed E-state index contributed by atoms with van der Waals surface area (Å²) in [6, 6.07) is 9.75. The number of amides is 3. The van der Waals surface area contributed by atoms with Crippen LogP contribution in [0.4, 0.5) is 0 Å². The van der Waals surface area contributed by atoms with Crippen LogP contribution in [0.1, 0.15) is 29.0 Å². The van der Waals surface area contributed by atoms with Gasteiger partial charge >= 0.3 is 0 Å². The molecule has 0 aliphatic carbocycles. The summed E-state index contributed by atoms with van der Waals surface area (Å²) in [6.45, 7) is 0.304. The first-order chi connectivity index (χ1) is 13.9. The SMILES string of the molecule is O=C(CCCN1C(=O)C(=Cc2ccco2)SC1=S)NNC(=O)c1ccc(Cl)cc1. The van der Waals surface area contributed by atoms with E-state index in [1.165, 1.54) is 22.9 Å². The first kappa shape index (κ1) is 21.1. The molecule has 3 amide bonds. The monoisotopic (exact) mass is 449 g/mol. The number of thiocarbonyl (C=S) groups is 1. The van der Waals surface area contributed by atoms with Crippen molar-refractivity contribution in [2.45, 2.75) is 12.8 Å². The van der Waals surface area contributed by atoms with Crippen LogP contribution < -0.4 is 10.9 Å². The zero-order valence-electron chi connectivity index (χ0n) is 15.0. The molecule has 150 valence electrons. The average Bonchev–Trinajstić information content (AvgIpc) is 3.30. The van der Waals surface area contributed by atoms with Gasteiger partial charge in [0.1, 0.15) is 10.1 Å². The van der Waals surface area contributed by atoms with E-state index in [9.17, 15) is 14.4 Å². The van der Waals surface area contributed by atoms with E-state index in [2.05, 4.69) is 10.9 Å². The number of hydrogen-bond donors (Lipinski definition) is 2. The molecule has 0 unspecified atom stereocenters. The molecule has 10 heteroatoms. The zero-order chi connectivity index (χ0) is 20.8. The van der Waals surface area contributed by atoms with Crippen LogP contribution in [0.2, 0.25) is 5.02 Å². The van der Waals surface area contributed by atoms with E-state index in [1.807, 2.05) is 0 Å². The van der Waals surface area contributed by atoms with E-state index in [4.69, 9.17) is 28.2 Å². The van der Waals surface area contributed by atoms with Crippen molar-refractivity contribution in [3.05, 3.63) is 63.9 Å². The number of halogens is 1. The Morgan fingerprint density at radius 3 is 2.66 bits per heavy atom. The summed E-state index contributed by atoms with van der Waals surface area (Å²) in [5.74, 6) is -0.465. The Hall–Kier alpha value is -2.62. The van der Waals surface area contributed by atoms with Crippen LogP contribution in [0.3, 0.4) is 0 Å². The third kappa shape index (κ3) is 5.69. The summed E-state index contributed by atoms with van der Waals surface area (Å²) in [4.78, 5) is 38.3. The van der Waals surface area contributed by atoms with Gasteiger partial charge in [-0.05, 0) is 42.8 Å². The van der Waals surface area contributed by atoms with E-state index >= 15 is 0 Å². The Morgan fingerprint density at radius 1 is 1.21 bits per heavy atom. The first-order valence-corrected chi connectivity index (χ1v) is 10.2. The van der Waals surface area contributed by atoms with Crippen molar-refractivity contribution in [3.8, 4) is 0 Å². The van der Waals surface area contributed by atoms with Crippen molar-refractivity contribution < 1.29 is 18.8 Å². The molecule has 1 aliphatic heterocycles. The fraction of sp³-hybridized carbons (Fsp3) is 0.158. The highest BCUT2D eigenvalue weighted by Gasteiger charge is 2.31. The van der Waals surface area contributed by atoms with Crippen molar-refractivity contribution >= 4 is 63.7 Å². The van der Waals surface area contributed by atoms with Gasteiger partial charge in [0.2, 0.25) is 5.91 Å². The molecule has 3 rings (SSSR count). The van der Waals surface area contributed by atoms with Gasteiger partial charge in [-0.15, -0.1) is 0 Å². The van der Waals surface area contributed by atoms with Gasteiger partial charge in [-0.3, -0.25) is 30.1 Å². The predicted octanol–water partition coefficient (Wildman–Crippen LogP) is 3.38. The van der Waals surface area contributed by atoms with Gasteiger partial charge in [0.15, 0.2) is 0 Å². The quantitative estimate of drug-likeness (QED) is 0.399. The van der Waals surface area contributed by atoms with Gasteiger partial charge < -0.3 is 4.42 Å². The Kier molecular flexibility index (Phi) is 7.08. The first-order valence-electron chi connectivity index (χ1n) is 8.57. The number of carbonyl (C=O) groups excluding carboxylic acids is 3. The molecule has 0 atom stereocenters. The number of nitrogens with zero attached hydrogens (tertiary/aromatic N) is 1. The number of carbonyl (C=O) groups is 3. The molecule has 0 bridgehead atoms. The largest absolute Gasteiger partial charge is 0.465 e. The van der Waals surface area contributed by atoms with Crippen molar-refractivity contribution in [1.82, 2.24) is 15.8 Å². The smallest absolute Gasteiger partial charge is 0.269 e. The number of hydrogen-bond acceptors (Lipinski definition) is 6. The van der Waals surface area contributed by atoms with Crippen LogP contribution in [0.25, 0.3) is 6.08 Å². The molecule has 7 nitrogen and oxygen atoms in total. The standard InChI is InChI=1S/C19H16ClN3O4S2/c20-13-7-5-12(6-8-13)17(25)22-21-16(24)4-1-9-23-18(26)15(29-19(23)28)11-14-3-2-10-27-14/h2-3,5-8,10-11H,1,4,9H2,(H,21,24)(H,22,25). The summed E-state index contributed by atoms with van der Waals surface area (Å²) < 4.78 is 5.65. The molecule has 2 heterocycles. The van der Waals surface area contributed by atoms with Crippen LogP contribution in [0.5, 0.6) is 0 Å². The normalized spacial score (nSPS) is 15.1. The van der Waals surface area contributed by atoms with Crippen molar-refractivity contribution in [3.63, 3.8) is 0 Å². The van der Waals surface area contributed by atoms with E-state index in [-0.39, 0.29) is 18.2 Å². The Bertz CT molecular complexity index is 958. The second-order valence-corrected chi connectivity index (χ2v) is 8.07. The molecule has 2 N–H and O–H groups in total. The Balaban J connectivity index is 1.43. The van der Waals surface area contributed by atoms with Gasteiger partial charge in [0, 0.05) is 29.6 Å². The number of hydrazine groups is 1. The highest BCUT2D eigenvalue weighted by Crippen LogP contribution is 2.32. The lowest BCUT2D eigenvalue weighted by atomic mass is 10.2. The molecule has 0 spiro atoms. The molecule has 29 heavy (non-hydrogen) atoms. The predicted molar refractivity (Wildman–Crippen MR) is 115 cm³/mol. The lowest BCUT2D eigenvalue weighted by Crippen LogP contribution is -2.41. The maximum atomic E-state index is 12.5. The second kappa shape index (κ2) is 9.73. The van der Waals surface area contributed by atoms with Crippen molar-refractivity contribution in [1.29, 1.82) is 0 Å². The lowest BCUT2D eigenvalue weighted by molar-refractivity contribution is -0.124. The molecule has 1 saturated heterocycles. The van der Waals surface area contributed by atoms with Gasteiger partial charge in [0.05, 0.1) is 11.2 Å². The minimum atomic E-state index is -0.449. The van der Waals surface area contributed by atoms with E-state index < -0.39 is 5.91 Å². The number of thioether (sulfide) groups is 1. The van der Waals surface area contributed by atoms with Crippen LogP contribution in [-0.4, -0.2) is 33.5 Å². The maximum absolute atomic E-state index is 12.5. The van der Waals surface area contributed by atoms with Crippen LogP contribution >= 0.6 is 35.6 Å². The van der Waals surface area contributed by atoms with Gasteiger partial charge in [-0.2, -0.15) is 0 Å². The molecule has 0 saturated carbocycles. The van der Waals surface area contributed by atoms with Gasteiger partial charge in [-0.25, -0.2) is 0 Å². The minimum absolute atomic E-state index is 0.120. The van der Waals surface area contributed by atoms with E-state index in [0.717, 1.165) is 0 Å². The maximum Gasteiger partial charge on any atom is 0.269 e. The summed E-state index contributed by atoms with van der Waals surface area (Å²) >= 11 is 12.2. The fourth-order valence-electron chi connectivity index (χ4n) is 2.46. The van der Waals surface area contributed by atoms with Crippen molar-refractivity contribution in [2.24, 2.45) is 0 Å². The van der Waals surface area contributed by atoms with Crippen LogP contribution in [0, 0.1) is 0 Å². The molecule has 0 radical (unpaired) electrons. The average molecular weight is 450 g/mol. The summed E-state index contributed by atoms with van der Waals surface area (Å²) in [6.07, 6.45) is 3.67. The van der Waals surface area contributed by atoms with E-state index in [1.54, 1.807) is 42.5 Å². The van der Waals surface area contributed by atoms with Crippen LogP contribution in [-0.2, 0) is 9.59 Å². The Labute approximate surface area is 181 Å². The molecule has 1 aliphatic rings. The molecular weight excluding hydrogens is 434 g/mol. The number of benzene rings is 1. The summed E-state index contributed by atoms with van der Waals surface area (Å²) in [5.41, 5.74) is 5.05. The number of furan rings is 1. The molecule has 1 fully saturated rings. The summed E-state index contributed by atoms with van der Waals surface area (Å²) in [7, 11) is 0. The fourth-order valence-corrected chi connectivity index (χ4v) is 3.87. The molecule has 1 aromatic heterocycles. The third-order valence-electron chi connectivity index (χ3n) is 3.90. The van der Waals surface area contributed by atoms with Crippen molar-refractivity contribution in [2.75, 3.05) is 6.54 Å². The topological polar surface area (TPSA) is 91.7 Å². The second-order valence-electron chi connectivity index (χ2n) is 5.96. The lowest BCUT2D eigenvalue weighted by Gasteiger charge is -2.14. The van der Waals surface area contributed by atoms with Crippen LogP contribution in [0.15, 0.2) is 52.0 Å². The van der Waals surface area contributed by atoms with Gasteiger partial charge in [0.25, 0.3) is 11.8 Å². The molecule has 2 aromatic rings. The number of rotatable bonds is 6. The highest BCUT2D eigenvalue weighted by molar-refractivity contribution is 8.26. The van der Waals surface area contributed by atoms with Gasteiger partial charge in [-0.1, -0.05) is 35.6 Å². The zero-order valence-corrected chi connectivity index (χ0v) is 17.4. The Morgan fingerprint density at radius 2 is 1.97 bits per heavy atom. The molecule has 1 aromatic carbocycles.